The highest BCUT2D eigenvalue weighted by molar-refractivity contribution is 5.81. The van der Waals surface area contributed by atoms with E-state index in [1.54, 1.807) is 13.0 Å². The SMILES string of the molecule is CCC[C@H](C)C(=O)OCCC(N)(Cc1ccc(OC(=O)OCC(C)(C)C)c(OC(=O)OCC(C)(C)C)c1)C(=O)OC. The summed E-state index contributed by atoms with van der Waals surface area (Å²) in [6.07, 6.45) is -0.563. The van der Waals surface area contributed by atoms with Gasteiger partial charge in [0.1, 0.15) is 5.54 Å². The number of hydrogen-bond donors (Lipinski definition) is 1. The van der Waals surface area contributed by atoms with Gasteiger partial charge in [-0.15, -0.1) is 0 Å². The fourth-order valence-corrected chi connectivity index (χ4v) is 3.47. The van der Waals surface area contributed by atoms with Gasteiger partial charge in [-0.1, -0.05) is 67.9 Å². The Labute approximate surface area is 243 Å². The minimum atomic E-state index is -1.57. The van der Waals surface area contributed by atoms with Crippen LogP contribution in [0.1, 0.15) is 80.2 Å². The van der Waals surface area contributed by atoms with Gasteiger partial charge in [0.2, 0.25) is 0 Å². The Hall–Kier alpha value is -3.34. The number of ether oxygens (including phenoxy) is 6. The van der Waals surface area contributed by atoms with E-state index in [1.165, 1.54) is 19.2 Å². The second kappa shape index (κ2) is 15.6. The highest BCUT2D eigenvalue weighted by Gasteiger charge is 2.36. The third-order valence-electron chi connectivity index (χ3n) is 5.67. The van der Waals surface area contributed by atoms with Crippen LogP contribution in [-0.4, -0.2) is 56.7 Å². The van der Waals surface area contributed by atoms with Crippen LogP contribution in [0.3, 0.4) is 0 Å². The lowest BCUT2D eigenvalue weighted by Gasteiger charge is -2.27. The van der Waals surface area contributed by atoms with Crippen LogP contribution in [0, 0.1) is 16.7 Å². The van der Waals surface area contributed by atoms with Gasteiger partial charge in [-0.05, 0) is 34.9 Å². The van der Waals surface area contributed by atoms with Gasteiger partial charge in [0.15, 0.2) is 11.5 Å². The zero-order chi connectivity index (χ0) is 31.4. The zero-order valence-electron chi connectivity index (χ0n) is 25.9. The summed E-state index contributed by atoms with van der Waals surface area (Å²) >= 11 is 0. The van der Waals surface area contributed by atoms with Crippen LogP contribution >= 0.6 is 0 Å². The topological polar surface area (TPSA) is 150 Å². The van der Waals surface area contributed by atoms with E-state index in [0.29, 0.717) is 12.0 Å². The Morgan fingerprint density at radius 3 is 1.88 bits per heavy atom. The summed E-state index contributed by atoms with van der Waals surface area (Å²) < 4.78 is 31.3. The Morgan fingerprint density at radius 2 is 1.39 bits per heavy atom. The predicted octanol–water partition coefficient (Wildman–Crippen LogP) is 5.59. The molecule has 1 rings (SSSR count). The molecule has 1 aromatic rings. The number of carbonyl (C=O) groups is 4. The van der Waals surface area contributed by atoms with E-state index in [9.17, 15) is 19.2 Å². The van der Waals surface area contributed by atoms with Crippen LogP contribution in [0.4, 0.5) is 9.59 Å². The minimum absolute atomic E-state index is 0.0224. The molecular formula is C30H47NO10. The molecule has 1 aromatic carbocycles. The van der Waals surface area contributed by atoms with Crippen molar-refractivity contribution in [2.75, 3.05) is 26.9 Å². The Kier molecular flexibility index (Phi) is 13.6. The average molecular weight is 582 g/mol. The highest BCUT2D eigenvalue weighted by Crippen LogP contribution is 2.32. The van der Waals surface area contributed by atoms with Gasteiger partial charge in [-0.2, -0.15) is 0 Å². The van der Waals surface area contributed by atoms with E-state index in [1.807, 2.05) is 48.5 Å². The van der Waals surface area contributed by atoms with Crippen molar-refractivity contribution < 1.29 is 47.6 Å². The van der Waals surface area contributed by atoms with E-state index in [-0.39, 0.29) is 66.9 Å². The molecule has 0 aliphatic heterocycles. The largest absolute Gasteiger partial charge is 0.513 e. The van der Waals surface area contributed by atoms with Gasteiger partial charge in [0, 0.05) is 12.8 Å². The first-order chi connectivity index (χ1) is 18.9. The third kappa shape index (κ3) is 13.7. The lowest BCUT2D eigenvalue weighted by atomic mass is 9.88. The molecule has 11 heteroatoms. The molecule has 11 nitrogen and oxygen atoms in total. The fraction of sp³-hybridized carbons (Fsp3) is 0.667. The molecule has 0 aliphatic rings. The van der Waals surface area contributed by atoms with Crippen LogP contribution in [0.25, 0.3) is 0 Å². The lowest BCUT2D eigenvalue weighted by Crippen LogP contribution is -2.51. The first-order valence-corrected chi connectivity index (χ1v) is 13.7. The van der Waals surface area contributed by atoms with Gasteiger partial charge in [0.05, 0.1) is 32.8 Å². The van der Waals surface area contributed by atoms with Gasteiger partial charge in [-0.25, -0.2) is 9.59 Å². The number of nitrogens with two attached hydrogens (primary N) is 1. The number of esters is 2. The van der Waals surface area contributed by atoms with Crippen molar-refractivity contribution in [1.82, 2.24) is 0 Å². The molecule has 0 radical (unpaired) electrons. The summed E-state index contributed by atoms with van der Waals surface area (Å²) in [6.45, 7) is 15.2. The normalized spacial score (nSPS) is 13.8. The molecule has 41 heavy (non-hydrogen) atoms. The summed E-state index contributed by atoms with van der Waals surface area (Å²) in [6, 6.07) is 4.36. The van der Waals surface area contributed by atoms with Crippen molar-refractivity contribution in [2.24, 2.45) is 22.5 Å². The Bertz CT molecular complexity index is 1040. The van der Waals surface area contributed by atoms with Gasteiger partial charge >= 0.3 is 24.2 Å². The summed E-state index contributed by atoms with van der Waals surface area (Å²) in [5.74, 6) is -1.59. The number of benzene rings is 1. The maximum Gasteiger partial charge on any atom is 0.513 e. The summed E-state index contributed by atoms with van der Waals surface area (Å²) in [5.41, 5.74) is 4.73. The molecule has 0 aliphatic carbocycles. The maximum atomic E-state index is 12.7. The molecule has 0 amide bonds. The summed E-state index contributed by atoms with van der Waals surface area (Å²) in [7, 11) is 1.21. The van der Waals surface area contributed by atoms with Crippen molar-refractivity contribution in [1.29, 1.82) is 0 Å². The number of hydrogen-bond acceptors (Lipinski definition) is 11. The summed E-state index contributed by atoms with van der Waals surface area (Å²) in [5, 5.41) is 0. The molecule has 0 saturated carbocycles. The first kappa shape index (κ1) is 35.7. The van der Waals surface area contributed by atoms with Gasteiger partial charge in [0.25, 0.3) is 0 Å². The molecule has 1 unspecified atom stereocenters. The standard InChI is InChI=1S/C30H47NO10/c1-10-11-20(2)24(32)37-15-14-30(31,25(33)36-9)17-21-12-13-22(40-26(34)38-18-28(3,4)5)23(16-21)41-27(35)39-19-29(6,7)8/h12-13,16,20H,10-11,14-15,17-19,31H2,1-9H3/t20-,30?/m0/s1. The molecule has 0 aromatic heterocycles. The monoisotopic (exact) mass is 581 g/mol. The number of rotatable bonds is 13. The van der Waals surface area contributed by atoms with Crippen LogP contribution in [0.15, 0.2) is 18.2 Å². The molecule has 2 N–H and O–H groups in total. The first-order valence-electron chi connectivity index (χ1n) is 13.7. The maximum absolute atomic E-state index is 12.7. The highest BCUT2D eigenvalue weighted by atomic mass is 16.7. The van der Waals surface area contributed by atoms with Crippen LogP contribution in [0.2, 0.25) is 0 Å². The van der Waals surface area contributed by atoms with Gasteiger partial charge in [-0.3, -0.25) is 9.59 Å². The minimum Gasteiger partial charge on any atom is -0.468 e. The van der Waals surface area contributed by atoms with E-state index < -0.39 is 23.8 Å². The van der Waals surface area contributed by atoms with Crippen LogP contribution in [-0.2, 0) is 35.0 Å². The molecule has 0 fully saturated rings. The summed E-state index contributed by atoms with van der Waals surface area (Å²) in [4.78, 5) is 49.7. The van der Waals surface area contributed by atoms with E-state index in [2.05, 4.69) is 0 Å². The quantitative estimate of drug-likeness (QED) is 0.176. The van der Waals surface area contributed by atoms with Crippen molar-refractivity contribution in [3.05, 3.63) is 23.8 Å². The van der Waals surface area contributed by atoms with Crippen molar-refractivity contribution >= 4 is 24.2 Å². The smallest absolute Gasteiger partial charge is 0.468 e. The average Bonchev–Trinajstić information content (AvgIpc) is 2.86. The van der Waals surface area contributed by atoms with Crippen molar-refractivity contribution in [3.63, 3.8) is 0 Å². The Morgan fingerprint density at radius 1 is 0.854 bits per heavy atom. The van der Waals surface area contributed by atoms with Crippen molar-refractivity contribution in [2.45, 2.75) is 86.6 Å². The second-order valence-corrected chi connectivity index (χ2v) is 12.6. The lowest BCUT2D eigenvalue weighted by molar-refractivity contribution is -0.153. The van der Waals surface area contributed by atoms with Gasteiger partial charge < -0.3 is 34.2 Å². The van der Waals surface area contributed by atoms with E-state index >= 15 is 0 Å². The van der Waals surface area contributed by atoms with E-state index in [4.69, 9.17) is 34.2 Å². The molecule has 232 valence electrons. The number of methoxy groups -OCH3 is 1. The molecule has 2 atom stereocenters. The third-order valence-corrected chi connectivity index (χ3v) is 5.67. The molecule has 0 spiro atoms. The molecular weight excluding hydrogens is 534 g/mol. The fourth-order valence-electron chi connectivity index (χ4n) is 3.47. The zero-order valence-corrected chi connectivity index (χ0v) is 25.9. The molecule has 0 saturated heterocycles. The molecule has 0 heterocycles. The van der Waals surface area contributed by atoms with E-state index in [0.717, 1.165) is 6.42 Å². The Balaban J connectivity index is 3.19. The second-order valence-electron chi connectivity index (χ2n) is 12.6. The van der Waals surface area contributed by atoms with Crippen LogP contribution in [0.5, 0.6) is 11.5 Å². The number of carbonyl (C=O) groups excluding carboxylic acids is 4. The molecule has 0 bridgehead atoms. The predicted molar refractivity (Wildman–Crippen MR) is 152 cm³/mol. The van der Waals surface area contributed by atoms with Crippen molar-refractivity contribution in [3.8, 4) is 11.5 Å². The van der Waals surface area contributed by atoms with Crippen LogP contribution < -0.4 is 15.2 Å².